The Labute approximate surface area is 365 Å². The average Bonchev–Trinajstić information content (AvgIpc) is 3.30. The van der Waals surface area contributed by atoms with Gasteiger partial charge in [-0.05, 0) is 95.9 Å². The van der Waals surface area contributed by atoms with E-state index in [1.165, 1.54) is 116 Å². The molecule has 0 aromatic heterocycles. The van der Waals surface area contributed by atoms with Crippen molar-refractivity contribution in [1.29, 1.82) is 0 Å². The van der Waals surface area contributed by atoms with Crippen molar-refractivity contribution >= 4 is 0 Å². The highest BCUT2D eigenvalue weighted by Gasteiger charge is 2.27. The maximum atomic E-state index is 6.82. The molecule has 0 aliphatic heterocycles. The molecule has 4 nitrogen and oxygen atoms in total. The van der Waals surface area contributed by atoms with E-state index < -0.39 is 0 Å². The van der Waals surface area contributed by atoms with E-state index in [1.54, 1.807) is 0 Å². The van der Waals surface area contributed by atoms with Crippen LogP contribution in [0.4, 0.5) is 0 Å². The van der Waals surface area contributed by atoms with Crippen molar-refractivity contribution in [2.75, 3.05) is 13.2 Å². The molecular weight excluding hydrogens is 737 g/mol. The third-order valence-corrected chi connectivity index (χ3v) is 13.7. The van der Waals surface area contributed by atoms with Crippen LogP contribution in [0.3, 0.4) is 0 Å². The van der Waals surface area contributed by atoms with E-state index in [9.17, 15) is 0 Å². The number of benzene rings is 4. The second-order valence-electron chi connectivity index (χ2n) is 18.3. The standard InChI is InChI=1S/C56H78O4/c1-3-5-9-17-45-25-29-47(30-26-45)19-15-41-57-53-37-33-49(34-38-53)43-59-55(51-21-11-7-12-22-51)56(52-23-13-8-14-24-52)60-44-50-35-39-54(40-36-50)58-42-16-20-48-31-27-46(28-32-48)18-10-6-4-2/h7-8,11-14,21-24,33-40,45-48,55-56H,3-6,9-10,15-20,25-32,41-44H2,1-2H3/t45?,46?,47?,48?,55-,56-/m1/s1. The van der Waals surface area contributed by atoms with Crippen LogP contribution in [0, 0.1) is 23.7 Å². The van der Waals surface area contributed by atoms with Crippen LogP contribution in [0.5, 0.6) is 11.5 Å². The summed E-state index contributed by atoms with van der Waals surface area (Å²) in [5.74, 6) is 5.60. The summed E-state index contributed by atoms with van der Waals surface area (Å²) in [6.45, 7) is 7.13. The third kappa shape index (κ3) is 16.0. The van der Waals surface area contributed by atoms with E-state index in [0.29, 0.717) is 13.2 Å². The predicted octanol–water partition coefficient (Wildman–Crippen LogP) is 16.0. The fourth-order valence-electron chi connectivity index (χ4n) is 9.85. The number of hydrogen-bond donors (Lipinski definition) is 0. The lowest BCUT2D eigenvalue weighted by molar-refractivity contribution is -0.0908. The first-order valence-corrected chi connectivity index (χ1v) is 24.4. The van der Waals surface area contributed by atoms with Crippen LogP contribution in [0.15, 0.2) is 109 Å². The quantitative estimate of drug-likeness (QED) is 0.0562. The topological polar surface area (TPSA) is 36.9 Å². The van der Waals surface area contributed by atoms with Crippen molar-refractivity contribution in [3.63, 3.8) is 0 Å². The summed E-state index contributed by atoms with van der Waals surface area (Å²) in [4.78, 5) is 0. The zero-order chi connectivity index (χ0) is 41.5. The summed E-state index contributed by atoms with van der Waals surface area (Å²) >= 11 is 0. The van der Waals surface area contributed by atoms with Gasteiger partial charge in [-0.15, -0.1) is 0 Å². The summed E-state index contributed by atoms with van der Waals surface area (Å²) in [6, 6.07) is 38.0. The zero-order valence-corrected chi connectivity index (χ0v) is 37.5. The van der Waals surface area contributed by atoms with Gasteiger partial charge in [0.2, 0.25) is 0 Å². The fourth-order valence-corrected chi connectivity index (χ4v) is 9.85. The van der Waals surface area contributed by atoms with Crippen LogP contribution < -0.4 is 9.47 Å². The molecule has 2 saturated carbocycles. The van der Waals surface area contributed by atoms with Crippen molar-refractivity contribution in [2.24, 2.45) is 23.7 Å². The van der Waals surface area contributed by atoms with Gasteiger partial charge < -0.3 is 18.9 Å². The minimum atomic E-state index is -0.297. The molecule has 0 bridgehead atoms. The maximum Gasteiger partial charge on any atom is 0.119 e. The van der Waals surface area contributed by atoms with Crippen molar-refractivity contribution in [2.45, 2.75) is 168 Å². The number of rotatable bonds is 27. The van der Waals surface area contributed by atoms with Crippen LogP contribution in [0.2, 0.25) is 0 Å². The van der Waals surface area contributed by atoms with Gasteiger partial charge in [-0.3, -0.25) is 0 Å². The Bertz CT molecular complexity index is 1530. The molecule has 2 aliphatic rings. The van der Waals surface area contributed by atoms with Gasteiger partial charge in [-0.2, -0.15) is 0 Å². The largest absolute Gasteiger partial charge is 0.494 e. The average molecular weight is 815 g/mol. The van der Waals surface area contributed by atoms with Gasteiger partial charge in [-0.1, -0.05) is 202 Å². The molecule has 4 heteroatoms. The Balaban J connectivity index is 0.955. The molecule has 0 radical (unpaired) electrons. The highest BCUT2D eigenvalue weighted by Crippen LogP contribution is 2.38. The first kappa shape index (κ1) is 45.9. The second-order valence-corrected chi connectivity index (χ2v) is 18.3. The van der Waals surface area contributed by atoms with Gasteiger partial charge in [0.25, 0.3) is 0 Å². The molecule has 326 valence electrons. The van der Waals surface area contributed by atoms with E-state index in [2.05, 4.69) is 123 Å². The van der Waals surface area contributed by atoms with Gasteiger partial charge in [0.1, 0.15) is 23.7 Å². The monoisotopic (exact) mass is 815 g/mol. The zero-order valence-electron chi connectivity index (χ0n) is 37.5. The van der Waals surface area contributed by atoms with E-state index in [0.717, 1.165) is 83.5 Å². The van der Waals surface area contributed by atoms with Crippen LogP contribution >= 0.6 is 0 Å². The lowest BCUT2D eigenvalue weighted by atomic mass is 9.78. The minimum absolute atomic E-state index is 0.297. The molecule has 4 aromatic carbocycles. The van der Waals surface area contributed by atoms with Crippen LogP contribution in [0.25, 0.3) is 0 Å². The summed E-state index contributed by atoms with van der Waals surface area (Å²) in [5.41, 5.74) is 4.43. The SMILES string of the molecule is CCCCCC1CCC(CCCOc2ccc(CO[C@H](c3ccccc3)[C@H](OCc3ccc(OCCCC4CCC(CCCCC)CC4)cc3)c3ccccc3)cc2)CC1. The van der Waals surface area contributed by atoms with Crippen LogP contribution in [0.1, 0.15) is 177 Å². The van der Waals surface area contributed by atoms with Gasteiger partial charge in [0.15, 0.2) is 0 Å². The highest BCUT2D eigenvalue weighted by molar-refractivity contribution is 5.29. The normalized spacial score (nSPS) is 20.4. The predicted molar refractivity (Wildman–Crippen MR) is 249 cm³/mol. The molecule has 4 aromatic rings. The summed E-state index contributed by atoms with van der Waals surface area (Å²) < 4.78 is 26.0. The summed E-state index contributed by atoms with van der Waals surface area (Å²) in [5, 5.41) is 0. The first-order chi connectivity index (χ1) is 29.7. The van der Waals surface area contributed by atoms with Crippen molar-refractivity contribution in [3.8, 4) is 11.5 Å². The van der Waals surface area contributed by atoms with Crippen LogP contribution in [-0.2, 0) is 22.7 Å². The molecule has 60 heavy (non-hydrogen) atoms. The summed E-state index contributed by atoms with van der Waals surface area (Å²) in [6.07, 6.45) is 26.8. The lowest BCUT2D eigenvalue weighted by Gasteiger charge is -2.29. The molecule has 0 saturated heterocycles. The van der Waals surface area contributed by atoms with Gasteiger partial charge in [0.05, 0.1) is 26.4 Å². The van der Waals surface area contributed by atoms with Crippen LogP contribution in [-0.4, -0.2) is 13.2 Å². The molecule has 0 spiro atoms. The van der Waals surface area contributed by atoms with Gasteiger partial charge in [0, 0.05) is 0 Å². The Morgan fingerprint density at radius 3 is 1.07 bits per heavy atom. The molecule has 0 unspecified atom stereocenters. The Morgan fingerprint density at radius 2 is 0.733 bits per heavy atom. The molecule has 6 rings (SSSR count). The van der Waals surface area contributed by atoms with Crippen molar-refractivity contribution in [3.05, 3.63) is 131 Å². The molecule has 0 N–H and O–H groups in total. The van der Waals surface area contributed by atoms with Crippen molar-refractivity contribution in [1.82, 2.24) is 0 Å². The first-order valence-electron chi connectivity index (χ1n) is 24.4. The van der Waals surface area contributed by atoms with E-state index >= 15 is 0 Å². The molecular formula is C56H78O4. The molecule has 0 amide bonds. The minimum Gasteiger partial charge on any atom is -0.494 e. The Morgan fingerprint density at radius 1 is 0.400 bits per heavy atom. The molecule has 2 atom stereocenters. The molecule has 2 fully saturated rings. The molecule has 2 aliphatic carbocycles. The summed E-state index contributed by atoms with van der Waals surface area (Å²) in [7, 11) is 0. The van der Waals surface area contributed by atoms with Crippen molar-refractivity contribution < 1.29 is 18.9 Å². The smallest absolute Gasteiger partial charge is 0.119 e. The van der Waals surface area contributed by atoms with Gasteiger partial charge >= 0.3 is 0 Å². The van der Waals surface area contributed by atoms with E-state index in [-0.39, 0.29) is 12.2 Å². The molecule has 0 heterocycles. The third-order valence-electron chi connectivity index (χ3n) is 13.7. The van der Waals surface area contributed by atoms with Gasteiger partial charge in [-0.25, -0.2) is 0 Å². The Kier molecular flexibility index (Phi) is 20.4. The maximum absolute atomic E-state index is 6.82. The van der Waals surface area contributed by atoms with E-state index in [1.807, 2.05) is 0 Å². The van der Waals surface area contributed by atoms with E-state index in [4.69, 9.17) is 18.9 Å². The fraction of sp³-hybridized carbons (Fsp3) is 0.571. The lowest BCUT2D eigenvalue weighted by Crippen LogP contribution is -2.18. The second kappa shape index (κ2) is 26.7. The number of unbranched alkanes of at least 4 members (excludes halogenated alkanes) is 4. The number of hydrogen-bond acceptors (Lipinski definition) is 4. The Hall–Kier alpha value is -3.60. The highest BCUT2D eigenvalue weighted by atomic mass is 16.5. The number of ether oxygens (including phenoxy) is 4.